The Balaban J connectivity index is 2.30. The lowest BCUT2D eigenvalue weighted by atomic mass is 10.1. The highest BCUT2D eigenvalue weighted by Crippen LogP contribution is 2.34. The maximum atomic E-state index is 11.8. The van der Waals surface area contributed by atoms with Gasteiger partial charge in [0.2, 0.25) is 5.91 Å². The summed E-state index contributed by atoms with van der Waals surface area (Å²) in [7, 11) is 0. The second-order valence-corrected chi connectivity index (χ2v) is 5.11. The van der Waals surface area contributed by atoms with E-state index in [0.29, 0.717) is 24.6 Å². The molecule has 3 nitrogen and oxygen atoms in total. The van der Waals surface area contributed by atoms with Gasteiger partial charge in [0.1, 0.15) is 5.75 Å². The van der Waals surface area contributed by atoms with Gasteiger partial charge in [-0.1, -0.05) is 0 Å². The highest BCUT2D eigenvalue weighted by atomic mass is 79.9. The minimum absolute atomic E-state index is 0.0883. The van der Waals surface area contributed by atoms with E-state index in [1.807, 2.05) is 0 Å². The summed E-state index contributed by atoms with van der Waals surface area (Å²) < 4.78 is 0.818. The molecule has 1 atom stereocenters. The van der Waals surface area contributed by atoms with Crippen molar-refractivity contribution in [2.45, 2.75) is 6.42 Å². The van der Waals surface area contributed by atoms with Gasteiger partial charge in [-0.15, -0.1) is 0 Å². The molecule has 0 spiro atoms. The van der Waals surface area contributed by atoms with Gasteiger partial charge in [-0.3, -0.25) is 4.79 Å². The first-order chi connectivity index (χ1) is 7.61. The van der Waals surface area contributed by atoms with Gasteiger partial charge in [0.15, 0.2) is 0 Å². The average Bonchev–Trinajstić information content (AvgIpc) is 2.63. The van der Waals surface area contributed by atoms with Crippen molar-refractivity contribution >= 4 is 40.2 Å². The van der Waals surface area contributed by atoms with E-state index in [1.54, 1.807) is 23.1 Å². The number of anilines is 1. The van der Waals surface area contributed by atoms with Gasteiger partial charge in [-0.05, 0) is 39.7 Å². The number of carbonyl (C=O) groups is 1. The molecule has 0 saturated carbocycles. The lowest BCUT2D eigenvalue weighted by Gasteiger charge is -2.18. The molecular formula is C11H12BrNO2S. The van der Waals surface area contributed by atoms with Gasteiger partial charge in [0.25, 0.3) is 0 Å². The van der Waals surface area contributed by atoms with Crippen LogP contribution in [0.4, 0.5) is 5.69 Å². The highest BCUT2D eigenvalue weighted by molar-refractivity contribution is 9.10. The SMILES string of the molecule is O=C1CC(CS)CN1c1cc(O)ccc1Br. The second-order valence-electron chi connectivity index (χ2n) is 3.89. The third-order valence-corrected chi connectivity index (χ3v) is 3.87. The molecule has 2 rings (SSSR count). The summed E-state index contributed by atoms with van der Waals surface area (Å²) in [6.07, 6.45) is 0.533. The molecule has 1 fully saturated rings. The molecule has 1 saturated heterocycles. The molecule has 0 aliphatic carbocycles. The number of phenolic OH excluding ortho intramolecular Hbond substituents is 1. The fourth-order valence-electron chi connectivity index (χ4n) is 1.84. The molecule has 16 heavy (non-hydrogen) atoms. The Morgan fingerprint density at radius 2 is 2.31 bits per heavy atom. The minimum atomic E-state index is 0.0883. The Morgan fingerprint density at radius 1 is 1.56 bits per heavy atom. The molecule has 0 radical (unpaired) electrons. The van der Waals surface area contributed by atoms with Crippen LogP contribution in [0.1, 0.15) is 6.42 Å². The van der Waals surface area contributed by atoms with Gasteiger partial charge in [-0.2, -0.15) is 12.6 Å². The number of benzene rings is 1. The van der Waals surface area contributed by atoms with Gasteiger partial charge < -0.3 is 10.0 Å². The van der Waals surface area contributed by atoms with Crippen molar-refractivity contribution in [2.24, 2.45) is 5.92 Å². The van der Waals surface area contributed by atoms with Crippen molar-refractivity contribution in [2.75, 3.05) is 17.2 Å². The van der Waals surface area contributed by atoms with Crippen LogP contribution in [0.25, 0.3) is 0 Å². The Bertz CT molecular complexity index is 424. The van der Waals surface area contributed by atoms with E-state index in [2.05, 4.69) is 28.6 Å². The average molecular weight is 302 g/mol. The van der Waals surface area contributed by atoms with Gasteiger partial charge in [0, 0.05) is 23.5 Å². The molecule has 1 aromatic rings. The molecular weight excluding hydrogens is 290 g/mol. The number of amides is 1. The third-order valence-electron chi connectivity index (χ3n) is 2.68. The summed E-state index contributed by atoms with van der Waals surface area (Å²) in [4.78, 5) is 13.5. The van der Waals surface area contributed by atoms with Crippen molar-refractivity contribution in [3.8, 4) is 5.75 Å². The van der Waals surface area contributed by atoms with Crippen molar-refractivity contribution in [3.63, 3.8) is 0 Å². The molecule has 1 heterocycles. The standard InChI is InChI=1S/C11H12BrNO2S/c12-9-2-1-8(14)4-10(9)13-5-7(6-16)3-11(13)15/h1-2,4,7,14,16H,3,5-6H2. The van der Waals surface area contributed by atoms with Crippen LogP contribution in [0.15, 0.2) is 22.7 Å². The Kier molecular flexibility index (Phi) is 3.44. The number of aromatic hydroxyl groups is 1. The Labute approximate surface area is 108 Å². The Hall–Kier alpha value is -0.680. The van der Waals surface area contributed by atoms with Crippen LogP contribution in [0.5, 0.6) is 5.75 Å². The van der Waals surface area contributed by atoms with Crippen molar-refractivity contribution < 1.29 is 9.90 Å². The molecule has 5 heteroatoms. The van der Waals surface area contributed by atoms with E-state index >= 15 is 0 Å². The summed E-state index contributed by atoms with van der Waals surface area (Å²) in [5.41, 5.74) is 0.731. The van der Waals surface area contributed by atoms with E-state index in [0.717, 1.165) is 10.2 Å². The monoisotopic (exact) mass is 301 g/mol. The summed E-state index contributed by atoms with van der Waals surface area (Å²) in [5.74, 6) is 1.26. The summed E-state index contributed by atoms with van der Waals surface area (Å²) in [6, 6.07) is 4.93. The molecule has 1 aliphatic rings. The molecule has 1 N–H and O–H groups in total. The lowest BCUT2D eigenvalue weighted by molar-refractivity contribution is -0.117. The topological polar surface area (TPSA) is 40.5 Å². The number of nitrogens with zero attached hydrogens (tertiary/aromatic N) is 1. The van der Waals surface area contributed by atoms with Gasteiger partial charge in [0.05, 0.1) is 5.69 Å². The summed E-state index contributed by atoms with van der Waals surface area (Å²) in [6.45, 7) is 0.671. The normalized spacial score (nSPS) is 20.5. The number of rotatable bonds is 2. The fraction of sp³-hybridized carbons (Fsp3) is 0.364. The van der Waals surface area contributed by atoms with Crippen LogP contribution in [0, 0.1) is 5.92 Å². The van der Waals surface area contributed by atoms with Gasteiger partial charge in [-0.25, -0.2) is 0 Å². The van der Waals surface area contributed by atoms with Crippen LogP contribution in [0.3, 0.4) is 0 Å². The zero-order valence-electron chi connectivity index (χ0n) is 8.56. The number of hydrogen-bond acceptors (Lipinski definition) is 3. The van der Waals surface area contributed by atoms with E-state index in [-0.39, 0.29) is 11.7 Å². The number of carbonyl (C=O) groups excluding carboxylic acids is 1. The molecule has 1 aromatic carbocycles. The van der Waals surface area contributed by atoms with Crippen LogP contribution in [-0.2, 0) is 4.79 Å². The van der Waals surface area contributed by atoms with Gasteiger partial charge >= 0.3 is 0 Å². The quantitative estimate of drug-likeness (QED) is 0.824. The first-order valence-electron chi connectivity index (χ1n) is 5.01. The molecule has 86 valence electrons. The predicted molar refractivity (Wildman–Crippen MR) is 70.1 cm³/mol. The maximum Gasteiger partial charge on any atom is 0.227 e. The molecule has 0 aromatic heterocycles. The van der Waals surface area contributed by atoms with Crippen molar-refractivity contribution in [1.82, 2.24) is 0 Å². The van der Waals surface area contributed by atoms with Crippen LogP contribution < -0.4 is 4.90 Å². The molecule has 1 aliphatic heterocycles. The summed E-state index contributed by atoms with van der Waals surface area (Å²) >= 11 is 7.60. The van der Waals surface area contributed by atoms with Crippen LogP contribution in [-0.4, -0.2) is 23.3 Å². The second kappa shape index (κ2) is 4.67. The third kappa shape index (κ3) is 2.20. The zero-order valence-corrected chi connectivity index (χ0v) is 11.0. The zero-order chi connectivity index (χ0) is 11.7. The first-order valence-corrected chi connectivity index (χ1v) is 6.44. The lowest BCUT2D eigenvalue weighted by Crippen LogP contribution is -2.24. The fourth-order valence-corrected chi connectivity index (χ4v) is 2.55. The van der Waals surface area contributed by atoms with Crippen molar-refractivity contribution in [1.29, 1.82) is 0 Å². The van der Waals surface area contributed by atoms with Crippen LogP contribution in [0.2, 0.25) is 0 Å². The smallest absolute Gasteiger partial charge is 0.227 e. The largest absolute Gasteiger partial charge is 0.508 e. The van der Waals surface area contributed by atoms with Crippen molar-refractivity contribution in [3.05, 3.63) is 22.7 Å². The minimum Gasteiger partial charge on any atom is -0.508 e. The van der Waals surface area contributed by atoms with E-state index in [1.165, 1.54) is 0 Å². The summed E-state index contributed by atoms with van der Waals surface area (Å²) in [5, 5.41) is 9.43. The number of hydrogen-bond donors (Lipinski definition) is 2. The molecule has 1 unspecified atom stereocenters. The predicted octanol–water partition coefficient (Wildman–Crippen LogP) is 2.44. The molecule has 0 bridgehead atoms. The number of thiol groups is 1. The van der Waals surface area contributed by atoms with E-state index in [9.17, 15) is 9.90 Å². The Morgan fingerprint density at radius 3 is 2.94 bits per heavy atom. The number of halogens is 1. The molecule has 1 amide bonds. The van der Waals surface area contributed by atoms with E-state index in [4.69, 9.17) is 0 Å². The van der Waals surface area contributed by atoms with E-state index < -0.39 is 0 Å². The maximum absolute atomic E-state index is 11.8. The first kappa shape index (κ1) is 11.8. The highest BCUT2D eigenvalue weighted by Gasteiger charge is 2.30. The number of phenols is 1. The van der Waals surface area contributed by atoms with Crippen LogP contribution >= 0.6 is 28.6 Å².